The van der Waals surface area contributed by atoms with Crippen LogP contribution in [0.15, 0.2) is 65.8 Å². The van der Waals surface area contributed by atoms with Crippen LogP contribution in [0.2, 0.25) is 0 Å². The van der Waals surface area contributed by atoms with Gasteiger partial charge in [0.25, 0.3) is 0 Å². The van der Waals surface area contributed by atoms with Gasteiger partial charge in [-0.05, 0) is 42.5 Å². The van der Waals surface area contributed by atoms with Crippen molar-refractivity contribution in [1.29, 1.82) is 0 Å². The molecule has 0 fully saturated rings. The molecule has 0 saturated carbocycles. The molecule has 0 radical (unpaired) electrons. The molecule has 0 amide bonds. The molecule has 1 aliphatic rings. The zero-order chi connectivity index (χ0) is 19.4. The van der Waals surface area contributed by atoms with E-state index in [4.69, 9.17) is 4.98 Å². The molecule has 0 bridgehead atoms. The van der Waals surface area contributed by atoms with Crippen molar-refractivity contribution in [3.05, 3.63) is 82.7 Å². The third kappa shape index (κ3) is 2.44. The van der Waals surface area contributed by atoms with Crippen LogP contribution in [0.5, 0.6) is 0 Å². The van der Waals surface area contributed by atoms with Crippen molar-refractivity contribution < 1.29 is 0 Å². The third-order valence-electron chi connectivity index (χ3n) is 5.75. The van der Waals surface area contributed by atoms with Gasteiger partial charge in [-0.3, -0.25) is 8.97 Å². The van der Waals surface area contributed by atoms with Gasteiger partial charge in [0.1, 0.15) is 16.9 Å². The predicted octanol–water partition coefficient (Wildman–Crippen LogP) is 3.36. The van der Waals surface area contributed by atoms with Crippen LogP contribution in [0.4, 0.5) is 0 Å². The average molecular weight is 382 g/mol. The summed E-state index contributed by atoms with van der Waals surface area (Å²) in [5.74, 6) is 0.549. The van der Waals surface area contributed by atoms with Crippen LogP contribution in [-0.4, -0.2) is 28.9 Å². The van der Waals surface area contributed by atoms with Crippen LogP contribution in [0, 0.1) is 0 Å². The minimum atomic E-state index is -0.147. The van der Waals surface area contributed by atoms with Crippen LogP contribution >= 0.6 is 0 Å². The normalized spacial score (nSPS) is 16.3. The number of nitrogens with zero attached hydrogens (tertiary/aromatic N) is 5. The average Bonchev–Trinajstić information content (AvgIpc) is 3.33. The number of hydrogen-bond donors (Lipinski definition) is 1. The maximum atomic E-state index is 12.9. The lowest BCUT2D eigenvalue weighted by Gasteiger charge is -2.26. The van der Waals surface area contributed by atoms with Gasteiger partial charge in [-0.15, -0.1) is 0 Å². The Bertz CT molecular complexity index is 1430. The molecule has 4 aromatic heterocycles. The van der Waals surface area contributed by atoms with Gasteiger partial charge in [0.05, 0.1) is 18.4 Å². The van der Waals surface area contributed by atoms with Gasteiger partial charge in [-0.2, -0.15) is 0 Å². The van der Waals surface area contributed by atoms with Gasteiger partial charge >= 0.3 is 5.69 Å². The number of aryl methyl sites for hydroxylation is 1. The largest absolute Gasteiger partial charge is 0.328 e. The Labute approximate surface area is 165 Å². The van der Waals surface area contributed by atoms with E-state index in [2.05, 4.69) is 33.2 Å². The van der Waals surface area contributed by atoms with Gasteiger partial charge in [0.2, 0.25) is 0 Å². The van der Waals surface area contributed by atoms with Crippen molar-refractivity contribution in [2.75, 3.05) is 0 Å². The number of rotatable bonds is 2. The lowest BCUT2D eigenvalue weighted by molar-refractivity contribution is 0.487. The number of aromatic amines is 1. The highest BCUT2D eigenvalue weighted by Crippen LogP contribution is 2.33. The Morgan fingerprint density at radius 1 is 1.03 bits per heavy atom. The molecule has 1 aromatic carbocycles. The van der Waals surface area contributed by atoms with Crippen molar-refractivity contribution >= 4 is 16.8 Å². The number of hydrogen-bond acceptors (Lipinski definition) is 4. The van der Waals surface area contributed by atoms with Crippen molar-refractivity contribution in [3.8, 4) is 11.5 Å². The Morgan fingerprint density at radius 3 is 2.90 bits per heavy atom. The highest BCUT2D eigenvalue weighted by atomic mass is 16.1. The molecule has 5 aromatic rings. The Morgan fingerprint density at radius 2 is 1.93 bits per heavy atom. The first kappa shape index (κ1) is 16.2. The van der Waals surface area contributed by atoms with Crippen molar-refractivity contribution in [1.82, 2.24) is 28.9 Å². The molecule has 4 heterocycles. The number of imidazole rings is 2. The van der Waals surface area contributed by atoms with E-state index in [0.29, 0.717) is 17.0 Å². The number of H-pyrrole nitrogens is 1. The predicted molar refractivity (Wildman–Crippen MR) is 110 cm³/mol. The molecule has 1 atom stereocenters. The summed E-state index contributed by atoms with van der Waals surface area (Å²) < 4.78 is 3.74. The number of nitrogens with one attached hydrogen (secondary N) is 1. The smallest absolute Gasteiger partial charge is 0.303 e. The highest BCUT2D eigenvalue weighted by Gasteiger charge is 2.25. The summed E-state index contributed by atoms with van der Waals surface area (Å²) in [6.45, 7) is 0. The molecule has 7 nitrogen and oxygen atoms in total. The molecule has 0 spiro atoms. The van der Waals surface area contributed by atoms with E-state index in [0.717, 1.165) is 30.6 Å². The van der Waals surface area contributed by atoms with E-state index in [1.807, 2.05) is 34.9 Å². The second-order valence-electron chi connectivity index (χ2n) is 7.41. The zero-order valence-corrected chi connectivity index (χ0v) is 15.6. The fourth-order valence-electron chi connectivity index (χ4n) is 4.42. The summed E-state index contributed by atoms with van der Waals surface area (Å²) in [6.07, 6.45) is 8.40. The lowest BCUT2D eigenvalue weighted by atomic mass is 9.87. The van der Waals surface area contributed by atoms with E-state index in [9.17, 15) is 4.79 Å². The molecule has 0 unspecified atom stereocenters. The molecular formula is C22H18N6O. The minimum Gasteiger partial charge on any atom is -0.303 e. The number of fused-ring (bicyclic) bond motifs is 3. The zero-order valence-electron chi connectivity index (χ0n) is 15.6. The topological polar surface area (TPSA) is 80.9 Å². The summed E-state index contributed by atoms with van der Waals surface area (Å²) in [6, 6.07) is 14.2. The van der Waals surface area contributed by atoms with E-state index in [1.165, 1.54) is 11.1 Å². The first-order valence-corrected chi connectivity index (χ1v) is 9.77. The fourth-order valence-corrected chi connectivity index (χ4v) is 4.42. The van der Waals surface area contributed by atoms with Crippen molar-refractivity contribution in [3.63, 3.8) is 0 Å². The van der Waals surface area contributed by atoms with Crippen LogP contribution in [-0.2, 0) is 6.42 Å². The standard InChI is InChI=1S/C22H18N6O/c29-22-25-16-12-24-20(18-13-23-19-10-3-4-11-27(18)19)26-21(16)28(22)17-9-5-7-14-6-1-2-8-15(14)17/h1-4,6,8,10-13,17H,5,7,9H2,(H,25,29)/t17-/m1/s1. The van der Waals surface area contributed by atoms with Gasteiger partial charge in [0, 0.05) is 6.20 Å². The molecular weight excluding hydrogens is 364 g/mol. The third-order valence-corrected chi connectivity index (χ3v) is 5.75. The van der Waals surface area contributed by atoms with E-state index < -0.39 is 0 Å². The number of benzene rings is 1. The summed E-state index contributed by atoms with van der Waals surface area (Å²) in [4.78, 5) is 29.5. The van der Waals surface area contributed by atoms with E-state index in [-0.39, 0.29) is 11.7 Å². The number of aromatic nitrogens is 6. The molecule has 1 N–H and O–H groups in total. The monoisotopic (exact) mass is 382 g/mol. The second kappa shape index (κ2) is 6.13. The summed E-state index contributed by atoms with van der Waals surface area (Å²) >= 11 is 0. The Hall–Kier alpha value is -3.74. The van der Waals surface area contributed by atoms with Crippen LogP contribution < -0.4 is 5.69 Å². The summed E-state index contributed by atoms with van der Waals surface area (Å²) in [5, 5.41) is 0. The first-order chi connectivity index (χ1) is 14.3. The lowest BCUT2D eigenvalue weighted by Crippen LogP contribution is -2.26. The fraction of sp³-hybridized carbons (Fsp3) is 0.182. The molecule has 0 aliphatic heterocycles. The SMILES string of the molecule is O=c1[nH]c2cnc(-c3cnc4ccccn34)nc2n1[C@@H]1CCCc2ccccc21. The Kier molecular flexibility index (Phi) is 3.43. The first-order valence-electron chi connectivity index (χ1n) is 9.77. The molecule has 0 saturated heterocycles. The quantitative estimate of drug-likeness (QED) is 0.508. The highest BCUT2D eigenvalue weighted by molar-refractivity contribution is 5.73. The van der Waals surface area contributed by atoms with Crippen LogP contribution in [0.25, 0.3) is 28.3 Å². The maximum Gasteiger partial charge on any atom is 0.328 e. The van der Waals surface area contributed by atoms with Crippen molar-refractivity contribution in [2.24, 2.45) is 0 Å². The Balaban J connectivity index is 1.57. The molecule has 29 heavy (non-hydrogen) atoms. The van der Waals surface area contributed by atoms with Gasteiger partial charge in [-0.1, -0.05) is 30.3 Å². The van der Waals surface area contributed by atoms with Crippen LogP contribution in [0.1, 0.15) is 30.0 Å². The van der Waals surface area contributed by atoms with Gasteiger partial charge in [-0.25, -0.2) is 19.7 Å². The molecule has 142 valence electrons. The molecule has 6 rings (SSSR count). The maximum absolute atomic E-state index is 12.9. The van der Waals surface area contributed by atoms with Crippen molar-refractivity contribution in [2.45, 2.75) is 25.3 Å². The minimum absolute atomic E-state index is 0.0221. The van der Waals surface area contributed by atoms with Gasteiger partial charge < -0.3 is 4.98 Å². The second-order valence-corrected chi connectivity index (χ2v) is 7.41. The number of pyridine rings is 1. The summed E-state index contributed by atoms with van der Waals surface area (Å²) in [7, 11) is 0. The summed E-state index contributed by atoms with van der Waals surface area (Å²) in [5.41, 5.74) is 5.28. The van der Waals surface area contributed by atoms with E-state index in [1.54, 1.807) is 17.0 Å². The van der Waals surface area contributed by atoms with E-state index >= 15 is 0 Å². The molecule has 1 aliphatic carbocycles. The van der Waals surface area contributed by atoms with Crippen LogP contribution in [0.3, 0.4) is 0 Å². The molecule has 7 heteroatoms. The van der Waals surface area contributed by atoms with Gasteiger partial charge in [0.15, 0.2) is 11.5 Å².